The summed E-state index contributed by atoms with van der Waals surface area (Å²) in [7, 11) is -3.61. The summed E-state index contributed by atoms with van der Waals surface area (Å²) in [4.78, 5) is 0.215. The Morgan fingerprint density at radius 2 is 1.57 bits per heavy atom. The number of amidine groups is 1. The molecule has 0 radical (unpaired) electrons. The smallest absolute Gasteiger partial charge is 0.261 e. The van der Waals surface area contributed by atoms with E-state index in [2.05, 4.69) is 4.72 Å². The molecule has 0 aromatic heterocycles. The molecule has 116 valence electrons. The fraction of sp³-hybridized carbons (Fsp3) is 0. The molecule has 0 heterocycles. The zero-order valence-corrected chi connectivity index (χ0v) is 13.0. The summed E-state index contributed by atoms with van der Waals surface area (Å²) in [5, 5.41) is 9.21. The standard InChI is InChI=1S/C17H15N3O2S/c18-17(19)14-7-6-13-11-15(9-8-12(13)10-14)20-23(21,22)16-4-2-1-3-5-16/h1-11,20H,(H3,18,19). The third kappa shape index (κ3) is 3.17. The topological polar surface area (TPSA) is 96.0 Å². The fourth-order valence-electron chi connectivity index (χ4n) is 2.29. The second kappa shape index (κ2) is 5.73. The third-order valence-corrected chi connectivity index (χ3v) is 4.85. The molecule has 0 aliphatic rings. The van der Waals surface area contributed by atoms with Crippen molar-refractivity contribution in [2.24, 2.45) is 5.73 Å². The first-order chi connectivity index (χ1) is 11.0. The Kier molecular flexibility index (Phi) is 3.75. The second-order valence-electron chi connectivity index (χ2n) is 5.11. The highest BCUT2D eigenvalue weighted by atomic mass is 32.2. The maximum absolute atomic E-state index is 12.3. The molecule has 3 aromatic rings. The Bertz CT molecular complexity index is 983. The molecule has 6 heteroatoms. The van der Waals surface area contributed by atoms with Gasteiger partial charge in [-0.15, -0.1) is 0 Å². The number of fused-ring (bicyclic) bond motifs is 1. The van der Waals surface area contributed by atoms with Crippen molar-refractivity contribution in [3.63, 3.8) is 0 Å². The van der Waals surface area contributed by atoms with Crippen LogP contribution in [0, 0.1) is 5.41 Å². The number of hydrogen-bond donors (Lipinski definition) is 3. The van der Waals surface area contributed by atoms with Crippen molar-refractivity contribution in [3.05, 3.63) is 72.3 Å². The zero-order chi connectivity index (χ0) is 16.4. The van der Waals surface area contributed by atoms with E-state index in [1.165, 1.54) is 0 Å². The first-order valence-corrected chi connectivity index (χ1v) is 8.40. The molecule has 23 heavy (non-hydrogen) atoms. The van der Waals surface area contributed by atoms with E-state index in [1.54, 1.807) is 60.7 Å². The largest absolute Gasteiger partial charge is 0.384 e. The van der Waals surface area contributed by atoms with Crippen LogP contribution in [0.3, 0.4) is 0 Å². The van der Waals surface area contributed by atoms with Gasteiger partial charge in [-0.1, -0.05) is 36.4 Å². The Morgan fingerprint density at radius 1 is 0.913 bits per heavy atom. The predicted octanol–water partition coefficient (Wildman–Crippen LogP) is 2.92. The maximum Gasteiger partial charge on any atom is 0.261 e. The van der Waals surface area contributed by atoms with Crippen LogP contribution in [0.4, 0.5) is 5.69 Å². The van der Waals surface area contributed by atoms with Crippen LogP contribution < -0.4 is 10.5 Å². The van der Waals surface area contributed by atoms with Crippen LogP contribution in [-0.4, -0.2) is 14.3 Å². The van der Waals surface area contributed by atoms with Gasteiger partial charge in [0.15, 0.2) is 0 Å². The Labute approximate surface area is 134 Å². The number of rotatable bonds is 4. The summed E-state index contributed by atoms with van der Waals surface area (Å²) in [6.07, 6.45) is 0. The number of benzene rings is 3. The van der Waals surface area contributed by atoms with Gasteiger partial charge >= 0.3 is 0 Å². The minimum Gasteiger partial charge on any atom is -0.384 e. The van der Waals surface area contributed by atoms with Crippen LogP contribution >= 0.6 is 0 Å². The predicted molar refractivity (Wildman–Crippen MR) is 92.2 cm³/mol. The Balaban J connectivity index is 1.95. The van der Waals surface area contributed by atoms with Crippen LogP contribution in [-0.2, 0) is 10.0 Å². The number of nitrogens with one attached hydrogen (secondary N) is 2. The van der Waals surface area contributed by atoms with Gasteiger partial charge < -0.3 is 5.73 Å². The molecule has 0 saturated carbocycles. The lowest BCUT2D eigenvalue weighted by molar-refractivity contribution is 0.601. The van der Waals surface area contributed by atoms with Gasteiger partial charge in [-0.2, -0.15) is 0 Å². The Morgan fingerprint density at radius 3 is 2.26 bits per heavy atom. The fourth-order valence-corrected chi connectivity index (χ4v) is 3.36. The molecule has 0 saturated heterocycles. The quantitative estimate of drug-likeness (QED) is 0.508. The van der Waals surface area contributed by atoms with Gasteiger partial charge in [0.2, 0.25) is 0 Å². The van der Waals surface area contributed by atoms with Crippen LogP contribution in [0.1, 0.15) is 5.56 Å². The van der Waals surface area contributed by atoms with Crippen molar-refractivity contribution < 1.29 is 8.42 Å². The molecule has 0 atom stereocenters. The molecule has 3 aromatic carbocycles. The van der Waals surface area contributed by atoms with Crippen molar-refractivity contribution in [2.75, 3.05) is 4.72 Å². The van der Waals surface area contributed by atoms with Gasteiger partial charge in [-0.25, -0.2) is 8.42 Å². The lowest BCUT2D eigenvalue weighted by Crippen LogP contribution is -2.12. The summed E-state index contributed by atoms with van der Waals surface area (Å²) >= 11 is 0. The summed E-state index contributed by atoms with van der Waals surface area (Å²) in [5.41, 5.74) is 6.59. The molecule has 0 aliphatic carbocycles. The van der Waals surface area contributed by atoms with Crippen molar-refractivity contribution in [2.45, 2.75) is 4.90 Å². The van der Waals surface area contributed by atoms with Gasteiger partial charge in [0.25, 0.3) is 10.0 Å². The van der Waals surface area contributed by atoms with Gasteiger partial charge in [0, 0.05) is 11.3 Å². The molecular weight excluding hydrogens is 310 g/mol. The van der Waals surface area contributed by atoms with Gasteiger partial charge in [0.05, 0.1) is 4.90 Å². The second-order valence-corrected chi connectivity index (χ2v) is 6.79. The van der Waals surface area contributed by atoms with E-state index in [1.807, 2.05) is 6.07 Å². The van der Waals surface area contributed by atoms with E-state index < -0.39 is 10.0 Å². The maximum atomic E-state index is 12.3. The summed E-state index contributed by atoms with van der Waals surface area (Å²) in [5.74, 6) is 0.000701. The zero-order valence-electron chi connectivity index (χ0n) is 12.2. The van der Waals surface area contributed by atoms with E-state index in [0.717, 1.165) is 10.8 Å². The van der Waals surface area contributed by atoms with Gasteiger partial charge in [-0.3, -0.25) is 10.1 Å². The first kappa shape index (κ1) is 15.1. The third-order valence-electron chi connectivity index (χ3n) is 3.46. The van der Waals surface area contributed by atoms with Crippen LogP contribution in [0.15, 0.2) is 71.6 Å². The van der Waals surface area contributed by atoms with Crippen molar-refractivity contribution >= 4 is 32.3 Å². The van der Waals surface area contributed by atoms with Crippen molar-refractivity contribution in [1.29, 1.82) is 5.41 Å². The molecule has 0 bridgehead atoms. The lowest BCUT2D eigenvalue weighted by Gasteiger charge is -2.09. The van der Waals surface area contributed by atoms with Crippen molar-refractivity contribution in [1.82, 2.24) is 0 Å². The molecule has 4 N–H and O–H groups in total. The van der Waals surface area contributed by atoms with E-state index >= 15 is 0 Å². The summed E-state index contributed by atoms with van der Waals surface area (Å²) < 4.78 is 27.2. The molecular formula is C17H15N3O2S. The minimum absolute atomic E-state index is 0.000701. The average Bonchev–Trinajstić information content (AvgIpc) is 2.54. The lowest BCUT2D eigenvalue weighted by atomic mass is 10.1. The Hall–Kier alpha value is -2.86. The number of sulfonamides is 1. The van der Waals surface area contributed by atoms with Crippen LogP contribution in [0.5, 0.6) is 0 Å². The highest BCUT2D eigenvalue weighted by Gasteiger charge is 2.13. The number of hydrogen-bond acceptors (Lipinski definition) is 3. The average molecular weight is 325 g/mol. The molecule has 0 amide bonds. The molecule has 0 fully saturated rings. The van der Waals surface area contributed by atoms with E-state index in [9.17, 15) is 8.42 Å². The van der Waals surface area contributed by atoms with E-state index in [4.69, 9.17) is 11.1 Å². The number of nitrogens with two attached hydrogens (primary N) is 1. The monoisotopic (exact) mass is 325 g/mol. The minimum atomic E-state index is -3.61. The van der Waals surface area contributed by atoms with Crippen LogP contribution in [0.2, 0.25) is 0 Å². The SMILES string of the molecule is N=C(N)c1ccc2cc(NS(=O)(=O)c3ccccc3)ccc2c1. The van der Waals surface area contributed by atoms with E-state index in [-0.39, 0.29) is 10.7 Å². The number of anilines is 1. The van der Waals surface area contributed by atoms with Gasteiger partial charge in [0.1, 0.15) is 5.84 Å². The highest BCUT2D eigenvalue weighted by Crippen LogP contribution is 2.22. The highest BCUT2D eigenvalue weighted by molar-refractivity contribution is 7.92. The van der Waals surface area contributed by atoms with E-state index in [0.29, 0.717) is 11.3 Å². The molecule has 0 spiro atoms. The molecule has 0 unspecified atom stereocenters. The summed E-state index contributed by atoms with van der Waals surface area (Å²) in [6, 6.07) is 18.8. The molecule has 5 nitrogen and oxygen atoms in total. The first-order valence-electron chi connectivity index (χ1n) is 6.92. The van der Waals surface area contributed by atoms with Crippen LogP contribution in [0.25, 0.3) is 10.8 Å². The normalized spacial score (nSPS) is 11.3. The molecule has 0 aliphatic heterocycles. The summed E-state index contributed by atoms with van der Waals surface area (Å²) in [6.45, 7) is 0. The molecule has 3 rings (SSSR count). The van der Waals surface area contributed by atoms with Crippen molar-refractivity contribution in [3.8, 4) is 0 Å². The van der Waals surface area contributed by atoms with Gasteiger partial charge in [-0.05, 0) is 41.1 Å². The number of nitrogen functional groups attached to an aromatic ring is 1.